The van der Waals surface area contributed by atoms with Crippen molar-refractivity contribution < 1.29 is 18.7 Å². The summed E-state index contributed by atoms with van der Waals surface area (Å²) in [6.07, 6.45) is 6.82. The van der Waals surface area contributed by atoms with Gasteiger partial charge in [-0.2, -0.15) is 0 Å². The van der Waals surface area contributed by atoms with Gasteiger partial charge >= 0.3 is 0 Å². The van der Waals surface area contributed by atoms with Crippen molar-refractivity contribution in [1.82, 2.24) is 9.88 Å². The van der Waals surface area contributed by atoms with Crippen LogP contribution in [-0.2, 0) is 20.9 Å². The number of anilines is 1. The number of carbonyl (C=O) groups excluding carboxylic acids is 2. The van der Waals surface area contributed by atoms with Crippen molar-refractivity contribution in [2.75, 3.05) is 18.5 Å². The van der Waals surface area contributed by atoms with Gasteiger partial charge in [0.05, 0.1) is 24.5 Å². The highest BCUT2D eigenvalue weighted by atomic mass is 19.1. The summed E-state index contributed by atoms with van der Waals surface area (Å²) < 4.78 is 19.7. The van der Waals surface area contributed by atoms with Crippen LogP contribution < -0.4 is 4.90 Å². The van der Waals surface area contributed by atoms with Crippen molar-refractivity contribution in [3.63, 3.8) is 0 Å². The highest BCUT2D eigenvalue weighted by molar-refractivity contribution is 6.03. The van der Waals surface area contributed by atoms with Crippen LogP contribution in [0.15, 0.2) is 54.9 Å². The number of aryl methyl sites for hydroxylation is 1. The van der Waals surface area contributed by atoms with E-state index in [1.54, 1.807) is 42.2 Å². The predicted molar refractivity (Wildman–Crippen MR) is 108 cm³/mol. The Labute approximate surface area is 174 Å². The molecule has 0 N–H and O–H groups in total. The Balaban J connectivity index is 1.43. The lowest BCUT2D eigenvalue weighted by Crippen LogP contribution is -2.44. The zero-order chi connectivity index (χ0) is 21.0. The molecule has 1 aromatic carbocycles. The topological polar surface area (TPSA) is 62.7 Å². The molecule has 2 fully saturated rings. The molecule has 2 aromatic rings. The number of nitrogens with zero attached hydrogens (tertiary/aromatic N) is 3. The molecule has 3 aliphatic heterocycles. The number of fused-ring (bicyclic) bond motifs is 1. The van der Waals surface area contributed by atoms with Crippen LogP contribution in [-0.4, -0.2) is 47.0 Å². The molecular weight excluding hydrogens is 385 g/mol. The summed E-state index contributed by atoms with van der Waals surface area (Å²) in [6.45, 7) is 2.51. The van der Waals surface area contributed by atoms with E-state index in [1.165, 1.54) is 12.1 Å². The van der Waals surface area contributed by atoms with Crippen LogP contribution >= 0.6 is 0 Å². The van der Waals surface area contributed by atoms with Crippen LogP contribution in [0.1, 0.15) is 11.1 Å². The maximum absolute atomic E-state index is 13.6. The van der Waals surface area contributed by atoms with Crippen molar-refractivity contribution in [1.29, 1.82) is 0 Å². The third-order valence-electron chi connectivity index (χ3n) is 6.35. The summed E-state index contributed by atoms with van der Waals surface area (Å²) in [5.41, 5.74) is 1.44. The first-order valence-electron chi connectivity index (χ1n) is 9.98. The summed E-state index contributed by atoms with van der Waals surface area (Å²) in [6, 6.07) is 8.11. The summed E-state index contributed by atoms with van der Waals surface area (Å²) in [7, 11) is 1.74. The van der Waals surface area contributed by atoms with E-state index in [2.05, 4.69) is 4.98 Å². The molecule has 7 heteroatoms. The maximum atomic E-state index is 13.6. The number of amides is 2. The molecule has 154 valence electrons. The number of hydrogen-bond donors (Lipinski definition) is 0. The first kappa shape index (κ1) is 18.9. The molecule has 30 heavy (non-hydrogen) atoms. The number of pyridine rings is 1. The fourth-order valence-corrected chi connectivity index (χ4v) is 5.00. The van der Waals surface area contributed by atoms with Crippen LogP contribution in [0.2, 0.25) is 0 Å². The van der Waals surface area contributed by atoms with Gasteiger partial charge in [0.2, 0.25) is 11.8 Å². The number of ether oxygens (including phenoxy) is 1. The van der Waals surface area contributed by atoms with E-state index in [4.69, 9.17) is 4.74 Å². The summed E-state index contributed by atoms with van der Waals surface area (Å²) in [4.78, 5) is 34.1. The van der Waals surface area contributed by atoms with E-state index in [1.807, 2.05) is 24.3 Å². The molecule has 1 aromatic heterocycles. The van der Waals surface area contributed by atoms with Gasteiger partial charge in [-0.1, -0.05) is 18.2 Å². The van der Waals surface area contributed by atoms with Gasteiger partial charge in [0.1, 0.15) is 11.4 Å². The average Bonchev–Trinajstić information content (AvgIpc) is 3.36. The fraction of sp³-hybridized carbons (Fsp3) is 0.348. The molecule has 5 rings (SSSR count). The third-order valence-corrected chi connectivity index (χ3v) is 6.35. The SMILES string of the molecule is Cc1cc(F)ccc1N1C[C@@]23C=C[C@@H](O2)C(C(=O)N(C)Cc2cccnc2)C3C1=O. The summed E-state index contributed by atoms with van der Waals surface area (Å²) in [5, 5.41) is 0. The normalized spacial score (nSPS) is 28.8. The number of hydrogen-bond acceptors (Lipinski definition) is 4. The highest BCUT2D eigenvalue weighted by Crippen LogP contribution is 2.53. The Bertz CT molecular complexity index is 1060. The largest absolute Gasteiger partial charge is 0.360 e. The standard InChI is InChI=1S/C23H22FN3O3/c1-14-10-16(24)5-6-17(14)27-13-23-8-7-18(30-23)19(20(23)22(27)29)21(28)26(2)12-15-4-3-9-25-11-15/h3-11,18-20H,12-13H2,1-2H3/t18-,19?,20?,23-/m1/s1. The molecule has 2 saturated heterocycles. The minimum Gasteiger partial charge on any atom is -0.360 e. The van der Waals surface area contributed by atoms with Crippen LogP contribution in [0.5, 0.6) is 0 Å². The van der Waals surface area contributed by atoms with Crippen molar-refractivity contribution in [2.45, 2.75) is 25.2 Å². The Morgan fingerprint density at radius 3 is 2.97 bits per heavy atom. The van der Waals surface area contributed by atoms with Gasteiger partial charge in [0.15, 0.2) is 0 Å². The maximum Gasteiger partial charge on any atom is 0.234 e. The number of benzene rings is 1. The molecule has 4 heterocycles. The number of rotatable bonds is 4. The van der Waals surface area contributed by atoms with E-state index in [0.717, 1.165) is 5.56 Å². The van der Waals surface area contributed by atoms with Crippen LogP contribution in [0.3, 0.4) is 0 Å². The van der Waals surface area contributed by atoms with Gasteiger partial charge in [-0.3, -0.25) is 14.6 Å². The fourth-order valence-electron chi connectivity index (χ4n) is 5.00. The molecule has 3 aliphatic rings. The van der Waals surface area contributed by atoms with Crippen molar-refractivity contribution in [2.24, 2.45) is 11.8 Å². The molecule has 0 aliphatic carbocycles. The minimum atomic E-state index is -0.807. The smallest absolute Gasteiger partial charge is 0.234 e. The second kappa shape index (κ2) is 6.74. The first-order chi connectivity index (χ1) is 14.4. The van der Waals surface area contributed by atoms with Gasteiger partial charge in [0.25, 0.3) is 0 Å². The van der Waals surface area contributed by atoms with Gasteiger partial charge in [-0.05, 0) is 42.3 Å². The van der Waals surface area contributed by atoms with Crippen LogP contribution in [0.25, 0.3) is 0 Å². The first-order valence-corrected chi connectivity index (χ1v) is 9.98. The lowest BCUT2D eigenvalue weighted by atomic mass is 9.76. The van der Waals surface area contributed by atoms with Gasteiger partial charge in [-0.15, -0.1) is 0 Å². The van der Waals surface area contributed by atoms with Crippen LogP contribution in [0.4, 0.5) is 10.1 Å². The van der Waals surface area contributed by atoms with Crippen molar-refractivity contribution >= 4 is 17.5 Å². The monoisotopic (exact) mass is 407 g/mol. The van der Waals surface area contributed by atoms with E-state index < -0.39 is 23.5 Å². The Hall–Kier alpha value is -3.06. The molecule has 6 nitrogen and oxygen atoms in total. The van der Waals surface area contributed by atoms with Gasteiger partial charge in [0, 0.05) is 31.7 Å². The quantitative estimate of drug-likeness (QED) is 0.731. The molecule has 0 radical (unpaired) electrons. The second-order valence-corrected chi connectivity index (χ2v) is 8.31. The summed E-state index contributed by atoms with van der Waals surface area (Å²) in [5.74, 6) is -1.77. The zero-order valence-corrected chi connectivity index (χ0v) is 16.8. The zero-order valence-electron chi connectivity index (χ0n) is 16.8. The Kier molecular flexibility index (Phi) is 4.25. The predicted octanol–water partition coefficient (Wildman–Crippen LogP) is 2.47. The molecular formula is C23H22FN3O3. The van der Waals surface area contributed by atoms with Gasteiger partial charge < -0.3 is 14.5 Å². The molecule has 1 spiro atoms. The van der Waals surface area contributed by atoms with Crippen LogP contribution in [0, 0.1) is 24.6 Å². The van der Waals surface area contributed by atoms with E-state index >= 15 is 0 Å². The van der Waals surface area contributed by atoms with Crippen molar-refractivity contribution in [3.05, 3.63) is 71.8 Å². The van der Waals surface area contributed by atoms with E-state index in [0.29, 0.717) is 24.3 Å². The molecule has 2 amide bonds. The molecule has 2 unspecified atom stereocenters. The minimum absolute atomic E-state index is 0.119. The van der Waals surface area contributed by atoms with Crippen molar-refractivity contribution in [3.8, 4) is 0 Å². The molecule has 0 saturated carbocycles. The third kappa shape index (κ3) is 2.76. The lowest BCUT2D eigenvalue weighted by Gasteiger charge is -2.28. The van der Waals surface area contributed by atoms with E-state index in [-0.39, 0.29) is 17.6 Å². The molecule has 2 bridgehead atoms. The number of carbonyl (C=O) groups is 2. The lowest BCUT2D eigenvalue weighted by molar-refractivity contribution is -0.139. The Morgan fingerprint density at radius 2 is 2.23 bits per heavy atom. The summed E-state index contributed by atoms with van der Waals surface area (Å²) >= 11 is 0. The van der Waals surface area contributed by atoms with E-state index in [9.17, 15) is 14.0 Å². The second-order valence-electron chi connectivity index (χ2n) is 8.31. The van der Waals surface area contributed by atoms with Gasteiger partial charge in [-0.25, -0.2) is 4.39 Å². The highest BCUT2D eigenvalue weighted by Gasteiger charge is 2.67. The Morgan fingerprint density at radius 1 is 1.40 bits per heavy atom. The number of aromatic nitrogens is 1. The number of halogens is 1. The molecule has 4 atom stereocenters. The average molecular weight is 407 g/mol.